The largest absolute Gasteiger partial charge is 0.337 e. The van der Waals surface area contributed by atoms with Crippen molar-refractivity contribution in [2.45, 2.75) is 18.7 Å². The van der Waals surface area contributed by atoms with Gasteiger partial charge in [0.1, 0.15) is 0 Å². The molecule has 2 aromatic carbocycles. The van der Waals surface area contributed by atoms with Gasteiger partial charge < -0.3 is 10.6 Å². The minimum atomic E-state index is -0.979. The second-order valence-electron chi connectivity index (χ2n) is 5.31. The second-order valence-corrected chi connectivity index (χ2v) is 6.88. The first-order chi connectivity index (χ1) is 11.1. The van der Waals surface area contributed by atoms with Crippen LogP contribution in [0.25, 0.3) is 0 Å². The lowest BCUT2D eigenvalue weighted by molar-refractivity contribution is 0.238. The zero-order valence-corrected chi connectivity index (χ0v) is 14.0. The van der Waals surface area contributed by atoms with Gasteiger partial charge in [-0.2, -0.15) is 0 Å². The van der Waals surface area contributed by atoms with Gasteiger partial charge in [0.25, 0.3) is 0 Å². The van der Waals surface area contributed by atoms with Crippen LogP contribution in [0.2, 0.25) is 0 Å². The van der Waals surface area contributed by atoms with Crippen LogP contribution in [0.3, 0.4) is 0 Å². The molecule has 0 aliphatic carbocycles. The van der Waals surface area contributed by atoms with Crippen LogP contribution in [-0.4, -0.2) is 22.5 Å². The average molecular weight is 330 g/mol. The fourth-order valence-corrected chi connectivity index (χ4v) is 3.22. The molecule has 2 N–H and O–H groups in total. The molecule has 122 valence electrons. The van der Waals surface area contributed by atoms with E-state index in [9.17, 15) is 9.00 Å². The lowest BCUT2D eigenvalue weighted by atomic mass is 10.1. The molecule has 0 heterocycles. The maximum atomic E-state index is 12.0. The van der Waals surface area contributed by atoms with Gasteiger partial charge in [-0.3, -0.25) is 4.21 Å². The van der Waals surface area contributed by atoms with Crippen molar-refractivity contribution in [1.82, 2.24) is 10.6 Å². The smallest absolute Gasteiger partial charge is 0.315 e. The van der Waals surface area contributed by atoms with Gasteiger partial charge in [0.2, 0.25) is 0 Å². The molecule has 0 bridgehead atoms. The Bertz CT molecular complexity index is 632. The molecule has 0 unspecified atom stereocenters. The normalized spacial score (nSPS) is 13.1. The van der Waals surface area contributed by atoms with Crippen LogP contribution in [0.15, 0.2) is 60.7 Å². The monoisotopic (exact) mass is 330 g/mol. The molecule has 0 radical (unpaired) electrons. The average Bonchev–Trinajstić information content (AvgIpc) is 2.56. The number of hydrogen-bond donors (Lipinski definition) is 2. The van der Waals surface area contributed by atoms with Crippen molar-refractivity contribution in [1.29, 1.82) is 0 Å². The van der Waals surface area contributed by atoms with Crippen LogP contribution in [0.5, 0.6) is 0 Å². The van der Waals surface area contributed by atoms with E-state index in [0.717, 1.165) is 11.1 Å². The third kappa shape index (κ3) is 6.24. The Morgan fingerprint density at radius 3 is 2.30 bits per heavy atom. The Morgan fingerprint density at radius 1 is 1.04 bits per heavy atom. The van der Waals surface area contributed by atoms with E-state index in [1.807, 2.05) is 67.6 Å². The second kappa shape index (κ2) is 9.10. The Morgan fingerprint density at radius 2 is 1.65 bits per heavy atom. The first-order valence-electron chi connectivity index (χ1n) is 7.63. The first-order valence-corrected chi connectivity index (χ1v) is 9.12. The van der Waals surface area contributed by atoms with E-state index in [2.05, 4.69) is 10.6 Å². The summed E-state index contributed by atoms with van der Waals surface area (Å²) in [7, 11) is -0.979. The van der Waals surface area contributed by atoms with Gasteiger partial charge in [0.05, 0.1) is 6.04 Å². The molecule has 2 aromatic rings. The molecule has 23 heavy (non-hydrogen) atoms. The maximum absolute atomic E-state index is 12.0. The summed E-state index contributed by atoms with van der Waals surface area (Å²) in [5.41, 5.74) is 2.10. The van der Waals surface area contributed by atoms with E-state index in [-0.39, 0.29) is 12.1 Å². The van der Waals surface area contributed by atoms with E-state index >= 15 is 0 Å². The van der Waals surface area contributed by atoms with Crippen molar-refractivity contribution >= 4 is 16.8 Å². The predicted octanol–water partition coefficient (Wildman–Crippen LogP) is 3.00. The zero-order valence-electron chi connectivity index (χ0n) is 13.2. The molecule has 0 spiro atoms. The number of hydrogen-bond acceptors (Lipinski definition) is 2. The van der Waals surface area contributed by atoms with E-state index in [1.54, 1.807) is 0 Å². The molecular formula is C18H22N2O2S. The number of urea groups is 1. The van der Waals surface area contributed by atoms with Gasteiger partial charge >= 0.3 is 6.03 Å². The molecule has 5 heteroatoms. The van der Waals surface area contributed by atoms with Gasteiger partial charge in [-0.1, -0.05) is 60.7 Å². The topological polar surface area (TPSA) is 58.2 Å². The van der Waals surface area contributed by atoms with Crippen molar-refractivity contribution in [2.24, 2.45) is 0 Å². The van der Waals surface area contributed by atoms with E-state index in [1.165, 1.54) is 0 Å². The Labute approximate surface area is 139 Å². The molecule has 4 nitrogen and oxygen atoms in total. The van der Waals surface area contributed by atoms with E-state index in [4.69, 9.17) is 0 Å². The molecule has 2 rings (SSSR count). The van der Waals surface area contributed by atoms with Crippen molar-refractivity contribution < 1.29 is 9.00 Å². The van der Waals surface area contributed by atoms with E-state index < -0.39 is 10.8 Å². The summed E-state index contributed by atoms with van der Waals surface area (Å²) in [6, 6.07) is 19.2. The van der Waals surface area contributed by atoms with Crippen LogP contribution in [0.1, 0.15) is 24.1 Å². The summed E-state index contributed by atoms with van der Waals surface area (Å²) in [4.78, 5) is 11.8. The van der Waals surface area contributed by atoms with Crippen LogP contribution in [-0.2, 0) is 16.6 Å². The highest BCUT2D eigenvalue weighted by Crippen LogP contribution is 2.10. The summed E-state index contributed by atoms with van der Waals surface area (Å²) in [5.74, 6) is 0.965. The van der Waals surface area contributed by atoms with Crippen molar-refractivity contribution in [2.75, 3.05) is 12.3 Å². The van der Waals surface area contributed by atoms with Crippen molar-refractivity contribution in [3.63, 3.8) is 0 Å². The molecule has 0 saturated heterocycles. The lowest BCUT2D eigenvalue weighted by Crippen LogP contribution is -2.38. The summed E-state index contributed by atoms with van der Waals surface area (Å²) in [5, 5.41) is 5.63. The van der Waals surface area contributed by atoms with Crippen LogP contribution >= 0.6 is 0 Å². The quantitative estimate of drug-likeness (QED) is 0.820. The Kier molecular flexibility index (Phi) is 6.81. The molecule has 0 fully saturated rings. The molecule has 2 amide bonds. The minimum absolute atomic E-state index is 0.0639. The predicted molar refractivity (Wildman–Crippen MR) is 94.5 cm³/mol. The first kappa shape index (κ1) is 17.2. The summed E-state index contributed by atoms with van der Waals surface area (Å²) in [6.45, 7) is 2.33. The highest BCUT2D eigenvalue weighted by molar-refractivity contribution is 7.84. The minimum Gasteiger partial charge on any atom is -0.337 e. The number of carbonyl (C=O) groups is 1. The SMILES string of the molecule is C[C@@H](NC(=O)NCC[S@@](=O)Cc1ccccc1)c1ccccc1. The van der Waals surface area contributed by atoms with Crippen LogP contribution in [0, 0.1) is 0 Å². The Balaban J connectivity index is 1.67. The van der Waals surface area contributed by atoms with E-state index in [0.29, 0.717) is 18.1 Å². The fraction of sp³-hybridized carbons (Fsp3) is 0.278. The summed E-state index contributed by atoms with van der Waals surface area (Å²) < 4.78 is 12.0. The lowest BCUT2D eigenvalue weighted by Gasteiger charge is -2.15. The molecule has 0 aliphatic rings. The zero-order chi connectivity index (χ0) is 16.5. The Hall–Kier alpha value is -2.14. The van der Waals surface area contributed by atoms with Crippen molar-refractivity contribution in [3.05, 3.63) is 71.8 Å². The summed E-state index contributed by atoms with van der Waals surface area (Å²) in [6.07, 6.45) is 0. The molecular weight excluding hydrogens is 308 g/mol. The molecule has 0 saturated carbocycles. The third-order valence-electron chi connectivity index (χ3n) is 3.43. The standard InChI is InChI=1S/C18H22N2O2S/c1-15(17-10-6-3-7-11-17)20-18(21)19-12-13-23(22)14-16-8-4-2-5-9-16/h2-11,15H,12-14H2,1H3,(H2,19,20,21)/t15-,23-/m1/s1. The number of benzene rings is 2. The van der Waals surface area contributed by atoms with Gasteiger partial charge in [0.15, 0.2) is 0 Å². The van der Waals surface area contributed by atoms with Gasteiger partial charge in [-0.15, -0.1) is 0 Å². The van der Waals surface area contributed by atoms with Gasteiger partial charge in [0, 0.05) is 28.9 Å². The molecule has 2 atom stereocenters. The number of amides is 2. The van der Waals surface area contributed by atoms with Gasteiger partial charge in [-0.05, 0) is 18.1 Å². The number of nitrogens with one attached hydrogen (secondary N) is 2. The maximum Gasteiger partial charge on any atom is 0.315 e. The number of carbonyl (C=O) groups excluding carboxylic acids is 1. The third-order valence-corrected chi connectivity index (χ3v) is 4.75. The van der Waals surface area contributed by atoms with Crippen LogP contribution in [0.4, 0.5) is 4.79 Å². The molecule has 0 aliphatic heterocycles. The van der Waals surface area contributed by atoms with Gasteiger partial charge in [-0.25, -0.2) is 4.79 Å². The number of rotatable bonds is 7. The van der Waals surface area contributed by atoms with Crippen molar-refractivity contribution in [3.8, 4) is 0 Å². The summed E-state index contributed by atoms with van der Waals surface area (Å²) >= 11 is 0. The fourth-order valence-electron chi connectivity index (χ4n) is 2.18. The highest BCUT2D eigenvalue weighted by Gasteiger charge is 2.09. The van der Waals surface area contributed by atoms with Crippen LogP contribution < -0.4 is 10.6 Å². The molecule has 0 aromatic heterocycles. The highest BCUT2D eigenvalue weighted by atomic mass is 32.2.